The molecule has 1 aromatic rings. The Morgan fingerprint density at radius 3 is 2.30 bits per heavy atom. The normalized spacial score (nSPS) is 27.5. The standard InChI is InChI=1S/C25H39NO3Si/c1-25(2,3)30(5,6)28-17-24(22-9-7-8-10-23(22)27-4)29-21-15-19-13-18(11-12-26)14-20(19)16-21/h7-10,18-21,24H,11,13-17H2,1-6H3/t18?,19-,20+,21?,24?. The number of fused-ring (bicyclic) bond motifs is 1. The Bertz CT molecular complexity index is 737. The molecule has 3 rings (SSSR count). The minimum Gasteiger partial charge on any atom is -0.496 e. The smallest absolute Gasteiger partial charge is 0.192 e. The van der Waals surface area contributed by atoms with E-state index in [2.05, 4.69) is 52.1 Å². The molecule has 2 aliphatic rings. The quantitative estimate of drug-likeness (QED) is 0.443. The number of rotatable bonds is 8. The van der Waals surface area contributed by atoms with Crippen molar-refractivity contribution in [2.75, 3.05) is 13.7 Å². The molecule has 4 nitrogen and oxygen atoms in total. The number of hydrogen-bond donors (Lipinski definition) is 0. The lowest BCUT2D eigenvalue weighted by Gasteiger charge is -2.37. The number of nitriles is 1. The number of benzene rings is 1. The Kier molecular flexibility index (Phi) is 7.32. The lowest BCUT2D eigenvalue weighted by Crippen LogP contribution is -2.42. The molecule has 0 amide bonds. The van der Waals surface area contributed by atoms with Gasteiger partial charge in [0.1, 0.15) is 11.9 Å². The summed E-state index contributed by atoms with van der Waals surface area (Å²) in [7, 11) is -0.154. The van der Waals surface area contributed by atoms with Crippen molar-refractivity contribution in [2.45, 2.75) is 83.2 Å². The molecular weight excluding hydrogens is 390 g/mol. The first-order chi connectivity index (χ1) is 14.1. The topological polar surface area (TPSA) is 51.5 Å². The van der Waals surface area contributed by atoms with Crippen LogP contribution in [0.4, 0.5) is 0 Å². The molecule has 0 aliphatic heterocycles. The zero-order valence-electron chi connectivity index (χ0n) is 19.6. The highest BCUT2D eigenvalue weighted by atomic mass is 28.4. The van der Waals surface area contributed by atoms with Gasteiger partial charge in [-0.25, -0.2) is 0 Å². The molecule has 166 valence electrons. The Labute approximate surface area is 184 Å². The van der Waals surface area contributed by atoms with Crippen molar-refractivity contribution in [1.82, 2.24) is 0 Å². The molecule has 2 fully saturated rings. The summed E-state index contributed by atoms with van der Waals surface area (Å²) in [5.41, 5.74) is 1.08. The Morgan fingerprint density at radius 1 is 1.10 bits per heavy atom. The van der Waals surface area contributed by atoms with E-state index < -0.39 is 8.32 Å². The van der Waals surface area contributed by atoms with Crippen LogP contribution >= 0.6 is 0 Å². The maximum Gasteiger partial charge on any atom is 0.192 e. The molecule has 0 saturated heterocycles. The molecular formula is C25H39NO3Si. The Hall–Kier alpha value is -1.35. The van der Waals surface area contributed by atoms with Gasteiger partial charge in [0, 0.05) is 12.0 Å². The number of nitrogens with zero attached hydrogens (tertiary/aromatic N) is 1. The SMILES string of the molecule is COc1ccccc1C(CO[Si](C)(C)C(C)(C)C)OC1C[C@H]2CC(CC#N)C[C@H]2C1. The first-order valence-corrected chi connectivity index (χ1v) is 14.3. The summed E-state index contributed by atoms with van der Waals surface area (Å²) in [6, 6.07) is 10.5. The largest absolute Gasteiger partial charge is 0.496 e. The van der Waals surface area contributed by atoms with Crippen LogP contribution in [0.5, 0.6) is 5.75 Å². The maximum absolute atomic E-state index is 9.02. The molecule has 2 saturated carbocycles. The minimum atomic E-state index is -1.88. The summed E-state index contributed by atoms with van der Waals surface area (Å²) in [6.07, 6.45) is 5.46. The maximum atomic E-state index is 9.02. The lowest BCUT2D eigenvalue weighted by molar-refractivity contribution is -0.0395. The average molecular weight is 430 g/mol. The summed E-state index contributed by atoms with van der Waals surface area (Å²) in [5.74, 6) is 2.90. The first kappa shape index (κ1) is 23.3. The van der Waals surface area contributed by atoms with Crippen LogP contribution in [0.25, 0.3) is 0 Å². The second-order valence-corrected chi connectivity index (χ2v) is 15.6. The van der Waals surface area contributed by atoms with E-state index in [0.717, 1.165) is 24.2 Å². The van der Waals surface area contributed by atoms with Gasteiger partial charge in [-0.1, -0.05) is 39.0 Å². The van der Waals surface area contributed by atoms with Crippen LogP contribution < -0.4 is 4.74 Å². The predicted octanol–water partition coefficient (Wildman–Crippen LogP) is 6.49. The van der Waals surface area contributed by atoms with E-state index in [-0.39, 0.29) is 17.2 Å². The van der Waals surface area contributed by atoms with Crippen LogP contribution in [0, 0.1) is 29.1 Å². The van der Waals surface area contributed by atoms with Gasteiger partial charge >= 0.3 is 0 Å². The van der Waals surface area contributed by atoms with Gasteiger partial charge in [0.2, 0.25) is 0 Å². The summed E-state index contributed by atoms with van der Waals surface area (Å²) in [5, 5.41) is 9.19. The number of methoxy groups -OCH3 is 1. The highest BCUT2D eigenvalue weighted by Crippen LogP contribution is 2.49. The summed E-state index contributed by atoms with van der Waals surface area (Å²) >= 11 is 0. The van der Waals surface area contributed by atoms with Crippen LogP contribution in [0.15, 0.2) is 24.3 Å². The molecule has 0 radical (unpaired) electrons. The van der Waals surface area contributed by atoms with Gasteiger partial charge in [-0.05, 0) is 67.6 Å². The van der Waals surface area contributed by atoms with Crippen LogP contribution in [-0.2, 0) is 9.16 Å². The summed E-state index contributed by atoms with van der Waals surface area (Å²) in [4.78, 5) is 0. The Balaban J connectivity index is 1.71. The molecule has 3 unspecified atom stereocenters. The predicted molar refractivity (Wildman–Crippen MR) is 123 cm³/mol. The van der Waals surface area contributed by atoms with E-state index in [1.165, 1.54) is 12.8 Å². The molecule has 5 atom stereocenters. The van der Waals surface area contributed by atoms with Gasteiger partial charge in [0.25, 0.3) is 0 Å². The molecule has 1 aromatic carbocycles. The molecule has 30 heavy (non-hydrogen) atoms. The first-order valence-electron chi connectivity index (χ1n) is 11.4. The van der Waals surface area contributed by atoms with Crippen LogP contribution in [-0.4, -0.2) is 28.1 Å². The average Bonchev–Trinajstić information content (AvgIpc) is 3.22. The second kappa shape index (κ2) is 9.42. The molecule has 0 bridgehead atoms. The Morgan fingerprint density at radius 2 is 1.73 bits per heavy atom. The number of ether oxygens (including phenoxy) is 2. The molecule has 5 heteroatoms. The van der Waals surface area contributed by atoms with Gasteiger partial charge in [0.15, 0.2) is 8.32 Å². The zero-order valence-corrected chi connectivity index (χ0v) is 20.6. The third kappa shape index (κ3) is 5.27. The van der Waals surface area contributed by atoms with E-state index in [1.807, 2.05) is 12.1 Å². The van der Waals surface area contributed by atoms with E-state index in [4.69, 9.17) is 19.2 Å². The van der Waals surface area contributed by atoms with Gasteiger partial charge < -0.3 is 13.9 Å². The molecule has 0 heterocycles. The van der Waals surface area contributed by atoms with Crippen LogP contribution in [0.2, 0.25) is 18.1 Å². The number of para-hydroxylation sites is 1. The van der Waals surface area contributed by atoms with Crippen LogP contribution in [0.1, 0.15) is 64.5 Å². The van der Waals surface area contributed by atoms with E-state index in [9.17, 15) is 0 Å². The van der Waals surface area contributed by atoms with Crippen molar-refractivity contribution in [3.8, 4) is 11.8 Å². The highest BCUT2D eigenvalue weighted by molar-refractivity contribution is 6.74. The zero-order chi connectivity index (χ0) is 21.9. The van der Waals surface area contributed by atoms with E-state index >= 15 is 0 Å². The molecule has 2 aliphatic carbocycles. The van der Waals surface area contributed by atoms with Gasteiger partial charge in [-0.3, -0.25) is 0 Å². The van der Waals surface area contributed by atoms with Crippen molar-refractivity contribution in [1.29, 1.82) is 5.26 Å². The minimum absolute atomic E-state index is 0.117. The molecule has 0 N–H and O–H groups in total. The lowest BCUT2D eigenvalue weighted by atomic mass is 10.00. The van der Waals surface area contributed by atoms with Gasteiger partial charge in [-0.2, -0.15) is 5.26 Å². The molecule has 0 spiro atoms. The fraction of sp³-hybridized carbons (Fsp3) is 0.720. The van der Waals surface area contributed by atoms with Crippen LogP contribution in [0.3, 0.4) is 0 Å². The van der Waals surface area contributed by atoms with Gasteiger partial charge in [-0.15, -0.1) is 0 Å². The third-order valence-electron chi connectivity index (χ3n) is 7.69. The van der Waals surface area contributed by atoms with Gasteiger partial charge in [0.05, 0.1) is 25.9 Å². The highest BCUT2D eigenvalue weighted by Gasteiger charge is 2.43. The van der Waals surface area contributed by atoms with Crippen molar-refractivity contribution in [3.05, 3.63) is 29.8 Å². The molecule has 0 aromatic heterocycles. The monoisotopic (exact) mass is 429 g/mol. The second-order valence-electron chi connectivity index (χ2n) is 10.8. The summed E-state index contributed by atoms with van der Waals surface area (Å²) in [6.45, 7) is 12.0. The third-order valence-corrected chi connectivity index (χ3v) is 12.2. The van der Waals surface area contributed by atoms with Crippen molar-refractivity contribution >= 4 is 8.32 Å². The fourth-order valence-electron chi connectivity index (χ4n) is 4.96. The van der Waals surface area contributed by atoms with E-state index in [0.29, 0.717) is 30.8 Å². The number of hydrogen-bond acceptors (Lipinski definition) is 4. The van der Waals surface area contributed by atoms with Crippen molar-refractivity contribution in [3.63, 3.8) is 0 Å². The van der Waals surface area contributed by atoms with Crippen molar-refractivity contribution in [2.24, 2.45) is 17.8 Å². The van der Waals surface area contributed by atoms with Crippen molar-refractivity contribution < 1.29 is 13.9 Å². The fourth-order valence-corrected chi connectivity index (χ4v) is 5.96. The summed E-state index contributed by atoms with van der Waals surface area (Å²) < 4.78 is 19.0. The van der Waals surface area contributed by atoms with E-state index in [1.54, 1.807) is 7.11 Å².